The predicted molar refractivity (Wildman–Crippen MR) is 115 cm³/mol. The number of anilines is 1. The molecule has 0 spiro atoms. The van der Waals surface area contributed by atoms with Gasteiger partial charge in [0.15, 0.2) is 0 Å². The van der Waals surface area contributed by atoms with Crippen molar-refractivity contribution in [2.45, 2.75) is 25.7 Å². The number of carbonyl (C=O) groups excluding carboxylic acids is 1. The van der Waals surface area contributed by atoms with Crippen LogP contribution in [0.3, 0.4) is 0 Å². The molecule has 7 heteroatoms. The van der Waals surface area contributed by atoms with E-state index in [0.29, 0.717) is 13.1 Å². The van der Waals surface area contributed by atoms with Crippen molar-refractivity contribution in [2.75, 3.05) is 24.5 Å². The number of carbonyl (C=O) groups is 1. The maximum atomic E-state index is 12.6. The van der Waals surface area contributed by atoms with Crippen LogP contribution < -0.4 is 10.2 Å². The van der Waals surface area contributed by atoms with Crippen LogP contribution in [0.1, 0.15) is 29.9 Å². The molecule has 1 unspecified atom stereocenters. The van der Waals surface area contributed by atoms with E-state index in [9.17, 15) is 4.79 Å². The summed E-state index contributed by atoms with van der Waals surface area (Å²) < 4.78 is 4.52. The molecular weight excluding hydrogens is 382 g/mol. The smallest absolute Gasteiger partial charge is 0.224 e. The van der Waals surface area contributed by atoms with E-state index in [1.54, 1.807) is 6.20 Å². The average Bonchev–Trinajstić information content (AvgIpc) is 3.24. The Morgan fingerprint density at radius 3 is 2.86 bits per heavy atom. The van der Waals surface area contributed by atoms with Gasteiger partial charge in [-0.25, -0.2) is 4.98 Å². The lowest BCUT2D eigenvalue weighted by Crippen LogP contribution is -2.43. The van der Waals surface area contributed by atoms with Gasteiger partial charge in [-0.15, -0.1) is 0 Å². The topological polar surface area (TPSA) is 71.0 Å². The minimum Gasteiger partial charge on any atom is -0.355 e. The van der Waals surface area contributed by atoms with E-state index in [-0.39, 0.29) is 11.8 Å². The second-order valence-electron chi connectivity index (χ2n) is 7.30. The molecule has 1 aliphatic heterocycles. The van der Waals surface area contributed by atoms with Crippen molar-refractivity contribution < 1.29 is 4.79 Å². The minimum atomic E-state index is -0.00560. The van der Waals surface area contributed by atoms with E-state index in [0.717, 1.165) is 48.9 Å². The number of hydrogen-bond acceptors (Lipinski definition) is 6. The molecule has 6 nitrogen and oxygen atoms in total. The number of benzene rings is 1. The standard InChI is InChI=1S/C22H25N5OS/c28-21(24-13-11-19-10-4-5-12-23-19)18-9-6-14-27(16-18)22-25-20(26-29-22)15-17-7-2-1-3-8-17/h1-5,7-8,10,12,18H,6,9,11,13-16H2,(H,24,28). The Morgan fingerprint density at radius 1 is 1.17 bits per heavy atom. The number of hydrogen-bond donors (Lipinski definition) is 1. The Labute approximate surface area is 175 Å². The van der Waals surface area contributed by atoms with Crippen molar-refractivity contribution in [3.63, 3.8) is 0 Å². The van der Waals surface area contributed by atoms with Crippen LogP contribution in [-0.2, 0) is 17.6 Å². The fourth-order valence-corrected chi connectivity index (χ4v) is 4.31. The lowest BCUT2D eigenvalue weighted by molar-refractivity contribution is -0.125. The Bertz CT molecular complexity index is 915. The van der Waals surface area contributed by atoms with Gasteiger partial charge in [0.1, 0.15) is 5.82 Å². The van der Waals surface area contributed by atoms with Crippen molar-refractivity contribution in [3.05, 3.63) is 71.8 Å². The van der Waals surface area contributed by atoms with Gasteiger partial charge in [0.25, 0.3) is 0 Å². The first-order valence-corrected chi connectivity index (χ1v) is 10.8. The third kappa shape index (κ3) is 5.38. The highest BCUT2D eigenvalue weighted by atomic mass is 32.1. The monoisotopic (exact) mass is 407 g/mol. The molecule has 1 fully saturated rings. The predicted octanol–water partition coefficient (Wildman–Crippen LogP) is 3.10. The molecule has 3 heterocycles. The summed E-state index contributed by atoms with van der Waals surface area (Å²) in [6.45, 7) is 2.25. The van der Waals surface area contributed by atoms with Crippen LogP contribution in [0.2, 0.25) is 0 Å². The number of nitrogens with zero attached hydrogens (tertiary/aromatic N) is 4. The Hall–Kier alpha value is -2.80. The van der Waals surface area contributed by atoms with E-state index in [1.807, 2.05) is 36.4 Å². The van der Waals surface area contributed by atoms with Crippen molar-refractivity contribution in [1.29, 1.82) is 0 Å². The molecule has 1 N–H and O–H groups in total. The maximum Gasteiger partial charge on any atom is 0.224 e. The lowest BCUT2D eigenvalue weighted by atomic mass is 9.97. The van der Waals surface area contributed by atoms with Crippen molar-refractivity contribution in [2.24, 2.45) is 5.92 Å². The Balaban J connectivity index is 1.29. The maximum absolute atomic E-state index is 12.6. The normalized spacial score (nSPS) is 16.6. The van der Waals surface area contributed by atoms with Crippen LogP contribution >= 0.6 is 11.5 Å². The van der Waals surface area contributed by atoms with Crippen LogP contribution in [0.25, 0.3) is 0 Å². The zero-order valence-electron chi connectivity index (χ0n) is 16.3. The molecule has 0 saturated carbocycles. The Morgan fingerprint density at radius 2 is 2.03 bits per heavy atom. The first kappa shape index (κ1) is 19.5. The largest absolute Gasteiger partial charge is 0.355 e. The quantitative estimate of drug-likeness (QED) is 0.652. The van der Waals surface area contributed by atoms with E-state index in [4.69, 9.17) is 4.98 Å². The first-order chi connectivity index (χ1) is 14.3. The molecule has 1 aliphatic rings. The molecule has 1 saturated heterocycles. The summed E-state index contributed by atoms with van der Waals surface area (Å²) in [6, 6.07) is 16.1. The third-order valence-corrected chi connectivity index (χ3v) is 5.95. The summed E-state index contributed by atoms with van der Waals surface area (Å²) in [5.41, 5.74) is 2.21. The highest BCUT2D eigenvalue weighted by Gasteiger charge is 2.27. The molecule has 29 heavy (non-hydrogen) atoms. The molecule has 1 atom stereocenters. The van der Waals surface area contributed by atoms with Gasteiger partial charge in [0, 0.05) is 55.9 Å². The van der Waals surface area contributed by atoms with Gasteiger partial charge < -0.3 is 10.2 Å². The SMILES string of the molecule is O=C(NCCc1ccccn1)C1CCCN(c2nc(Cc3ccccc3)ns2)C1. The number of aromatic nitrogens is 3. The third-order valence-electron chi connectivity index (χ3n) is 5.13. The van der Waals surface area contributed by atoms with Crippen LogP contribution in [0, 0.1) is 5.92 Å². The van der Waals surface area contributed by atoms with Crippen molar-refractivity contribution in [3.8, 4) is 0 Å². The molecule has 2 aromatic heterocycles. The number of amides is 1. The molecule has 1 aromatic carbocycles. The van der Waals surface area contributed by atoms with Crippen LogP contribution in [0.5, 0.6) is 0 Å². The molecule has 0 bridgehead atoms. The molecule has 4 rings (SSSR count). The number of nitrogens with one attached hydrogen (secondary N) is 1. The molecule has 150 valence electrons. The molecule has 3 aromatic rings. The zero-order valence-corrected chi connectivity index (χ0v) is 17.1. The summed E-state index contributed by atoms with van der Waals surface area (Å²) in [7, 11) is 0. The van der Waals surface area contributed by atoms with Crippen LogP contribution in [0.4, 0.5) is 5.13 Å². The van der Waals surface area contributed by atoms with Crippen LogP contribution in [-0.4, -0.2) is 39.9 Å². The highest BCUT2D eigenvalue weighted by Crippen LogP contribution is 2.25. The zero-order chi connectivity index (χ0) is 19.9. The lowest BCUT2D eigenvalue weighted by Gasteiger charge is -2.31. The molecule has 0 aliphatic carbocycles. The molecular formula is C22H25N5OS. The van der Waals surface area contributed by atoms with Crippen LogP contribution in [0.15, 0.2) is 54.7 Å². The van der Waals surface area contributed by atoms with E-state index in [2.05, 4.69) is 31.7 Å². The number of pyridine rings is 1. The molecule has 1 amide bonds. The van der Waals surface area contributed by atoms with E-state index < -0.39 is 0 Å². The first-order valence-electron chi connectivity index (χ1n) is 10.1. The average molecular weight is 408 g/mol. The minimum absolute atomic E-state index is 0.00560. The summed E-state index contributed by atoms with van der Waals surface area (Å²) in [5.74, 6) is 0.965. The van der Waals surface area contributed by atoms with Gasteiger partial charge in [-0.1, -0.05) is 36.4 Å². The summed E-state index contributed by atoms with van der Waals surface area (Å²) >= 11 is 1.43. The highest BCUT2D eigenvalue weighted by molar-refractivity contribution is 7.09. The van der Waals surface area contributed by atoms with Crippen molar-refractivity contribution in [1.82, 2.24) is 19.7 Å². The van der Waals surface area contributed by atoms with E-state index in [1.165, 1.54) is 17.1 Å². The second-order valence-corrected chi connectivity index (χ2v) is 8.03. The summed E-state index contributed by atoms with van der Waals surface area (Å²) in [6.07, 6.45) is 5.18. The van der Waals surface area contributed by atoms with Gasteiger partial charge in [0.2, 0.25) is 11.0 Å². The Kier molecular flexibility index (Phi) is 6.46. The van der Waals surface area contributed by atoms with Crippen molar-refractivity contribution >= 4 is 22.6 Å². The fourth-order valence-electron chi connectivity index (χ4n) is 3.59. The summed E-state index contributed by atoms with van der Waals surface area (Å²) in [5, 5.41) is 3.99. The molecule has 0 radical (unpaired) electrons. The van der Waals surface area contributed by atoms with Gasteiger partial charge in [-0.3, -0.25) is 9.78 Å². The van der Waals surface area contributed by atoms with E-state index >= 15 is 0 Å². The number of piperidine rings is 1. The van der Waals surface area contributed by atoms with Gasteiger partial charge >= 0.3 is 0 Å². The van der Waals surface area contributed by atoms with Gasteiger partial charge in [-0.05, 0) is 30.5 Å². The second kappa shape index (κ2) is 9.60. The summed E-state index contributed by atoms with van der Waals surface area (Å²) in [4.78, 5) is 23.8. The van der Waals surface area contributed by atoms with Gasteiger partial charge in [0.05, 0.1) is 5.92 Å². The fraction of sp³-hybridized carbons (Fsp3) is 0.364. The number of rotatable bonds is 7. The van der Waals surface area contributed by atoms with Gasteiger partial charge in [-0.2, -0.15) is 4.37 Å².